The van der Waals surface area contributed by atoms with Crippen molar-refractivity contribution in [3.8, 4) is 22.7 Å². The fourth-order valence-electron chi connectivity index (χ4n) is 4.28. The van der Waals surface area contributed by atoms with E-state index < -0.39 is 35.9 Å². The first-order valence-electron chi connectivity index (χ1n) is 12.5. The number of carbonyl (C=O) groups is 1. The van der Waals surface area contributed by atoms with Gasteiger partial charge in [0.25, 0.3) is 5.89 Å². The number of ether oxygens (including phenoxy) is 1. The minimum absolute atomic E-state index is 0.0638. The summed E-state index contributed by atoms with van der Waals surface area (Å²) in [5, 5.41) is 18.4. The van der Waals surface area contributed by atoms with Gasteiger partial charge in [-0.2, -0.15) is 8.78 Å². The molecule has 0 saturated carbocycles. The average molecular weight is 557 g/mol. The van der Waals surface area contributed by atoms with Crippen LogP contribution in [0.25, 0.3) is 22.7 Å². The largest absolute Gasteiger partial charge is 0.444 e. The molecule has 0 aliphatic carbocycles. The first kappa shape index (κ1) is 27.2. The number of pyridine rings is 1. The number of nitrogens with zero attached hydrogens (tertiary/aromatic N) is 7. The van der Waals surface area contributed by atoms with Gasteiger partial charge >= 0.3 is 12.5 Å². The van der Waals surface area contributed by atoms with Crippen molar-refractivity contribution < 1.29 is 27.1 Å². The van der Waals surface area contributed by atoms with Crippen LogP contribution in [0.2, 0.25) is 0 Å². The molecule has 40 heavy (non-hydrogen) atoms. The van der Waals surface area contributed by atoms with Crippen molar-refractivity contribution in [1.29, 1.82) is 0 Å². The predicted molar refractivity (Wildman–Crippen MR) is 136 cm³/mol. The molecule has 1 fully saturated rings. The van der Waals surface area contributed by atoms with Gasteiger partial charge in [-0.3, -0.25) is 9.88 Å². The third-order valence-electron chi connectivity index (χ3n) is 6.10. The molecule has 4 aromatic rings. The van der Waals surface area contributed by atoms with Crippen molar-refractivity contribution in [3.63, 3.8) is 0 Å². The SMILES string of the molecule is CC(C)(C)OC(=O)N1CCNCC1c1cccc(-c2cn(Cc3ccc(-c4nnc(C(F)F)o4)cn3)nn2)c1F. The number of halogens is 3. The minimum Gasteiger partial charge on any atom is -0.444 e. The molecule has 3 aromatic heterocycles. The van der Waals surface area contributed by atoms with Crippen LogP contribution < -0.4 is 5.32 Å². The van der Waals surface area contributed by atoms with E-state index in [2.05, 4.69) is 30.8 Å². The van der Waals surface area contributed by atoms with E-state index >= 15 is 4.39 Å². The molecule has 4 heterocycles. The second-order valence-corrected chi connectivity index (χ2v) is 10.2. The second-order valence-electron chi connectivity index (χ2n) is 10.2. The zero-order chi connectivity index (χ0) is 28.4. The smallest absolute Gasteiger partial charge is 0.410 e. The van der Waals surface area contributed by atoms with E-state index in [4.69, 9.17) is 9.15 Å². The van der Waals surface area contributed by atoms with Crippen molar-refractivity contribution in [2.75, 3.05) is 19.6 Å². The molecular formula is C26H27F3N8O3. The summed E-state index contributed by atoms with van der Waals surface area (Å²) in [6, 6.07) is 7.68. The summed E-state index contributed by atoms with van der Waals surface area (Å²) in [5.41, 5.74) is 1.20. The maximum absolute atomic E-state index is 15.8. The first-order chi connectivity index (χ1) is 19.1. The summed E-state index contributed by atoms with van der Waals surface area (Å²) in [6.45, 7) is 6.92. The summed E-state index contributed by atoms with van der Waals surface area (Å²) < 4.78 is 53.2. The Morgan fingerprint density at radius 1 is 1.20 bits per heavy atom. The van der Waals surface area contributed by atoms with Crippen molar-refractivity contribution in [3.05, 3.63) is 65.7 Å². The van der Waals surface area contributed by atoms with E-state index in [0.29, 0.717) is 42.1 Å². The third-order valence-corrected chi connectivity index (χ3v) is 6.10. The van der Waals surface area contributed by atoms with E-state index in [0.717, 1.165) is 0 Å². The molecule has 1 saturated heterocycles. The molecule has 1 atom stereocenters. The number of benzene rings is 1. The number of hydrogen-bond donors (Lipinski definition) is 1. The Bertz CT molecular complexity index is 1480. The van der Waals surface area contributed by atoms with Crippen molar-refractivity contribution in [2.24, 2.45) is 0 Å². The molecule has 0 radical (unpaired) electrons. The number of piperazine rings is 1. The van der Waals surface area contributed by atoms with Gasteiger partial charge in [0.15, 0.2) is 0 Å². The number of alkyl halides is 2. The highest BCUT2D eigenvalue weighted by molar-refractivity contribution is 5.69. The lowest BCUT2D eigenvalue weighted by Crippen LogP contribution is -2.50. The number of amides is 1. The van der Waals surface area contributed by atoms with E-state index in [1.807, 2.05) is 0 Å². The second kappa shape index (κ2) is 11.0. The minimum atomic E-state index is -2.86. The van der Waals surface area contributed by atoms with Crippen LogP contribution in [0.4, 0.5) is 18.0 Å². The van der Waals surface area contributed by atoms with Crippen LogP contribution in [-0.2, 0) is 11.3 Å². The van der Waals surface area contributed by atoms with Crippen molar-refractivity contribution >= 4 is 6.09 Å². The molecule has 1 aromatic carbocycles. The van der Waals surface area contributed by atoms with Gasteiger partial charge in [-0.15, -0.1) is 15.3 Å². The lowest BCUT2D eigenvalue weighted by Gasteiger charge is -2.37. The lowest BCUT2D eigenvalue weighted by atomic mass is 9.99. The summed E-state index contributed by atoms with van der Waals surface area (Å²) in [6.07, 6.45) is -0.339. The van der Waals surface area contributed by atoms with Crippen LogP contribution in [-0.4, -0.2) is 66.4 Å². The fourth-order valence-corrected chi connectivity index (χ4v) is 4.28. The average Bonchev–Trinajstić information content (AvgIpc) is 3.59. The summed E-state index contributed by atoms with van der Waals surface area (Å²) in [5.74, 6) is -1.32. The van der Waals surface area contributed by atoms with Gasteiger partial charge in [0.05, 0.1) is 30.0 Å². The van der Waals surface area contributed by atoms with Gasteiger partial charge in [-0.25, -0.2) is 13.9 Å². The number of nitrogens with one attached hydrogen (secondary N) is 1. The van der Waals surface area contributed by atoms with Gasteiger partial charge in [-0.1, -0.05) is 17.3 Å². The molecule has 11 nitrogen and oxygen atoms in total. The van der Waals surface area contributed by atoms with Crippen LogP contribution in [0.5, 0.6) is 0 Å². The van der Waals surface area contributed by atoms with Crippen LogP contribution in [0.15, 0.2) is 47.1 Å². The van der Waals surface area contributed by atoms with Crippen LogP contribution in [0.3, 0.4) is 0 Å². The van der Waals surface area contributed by atoms with Gasteiger partial charge in [0, 0.05) is 37.0 Å². The molecule has 1 unspecified atom stereocenters. The highest BCUT2D eigenvalue weighted by atomic mass is 19.3. The molecule has 1 aliphatic heterocycles. The summed E-state index contributed by atoms with van der Waals surface area (Å²) >= 11 is 0. The van der Waals surface area contributed by atoms with E-state index in [1.54, 1.807) is 62.2 Å². The molecule has 1 aliphatic rings. The molecule has 210 valence electrons. The summed E-state index contributed by atoms with van der Waals surface area (Å²) in [4.78, 5) is 18.7. The highest BCUT2D eigenvalue weighted by Gasteiger charge is 2.33. The Balaban J connectivity index is 1.32. The quantitative estimate of drug-likeness (QED) is 0.368. The zero-order valence-corrected chi connectivity index (χ0v) is 22.0. The molecular weight excluding hydrogens is 529 g/mol. The zero-order valence-electron chi connectivity index (χ0n) is 22.0. The van der Waals surface area contributed by atoms with E-state index in [-0.39, 0.29) is 18.0 Å². The van der Waals surface area contributed by atoms with Crippen LogP contribution in [0, 0.1) is 5.82 Å². The Labute approximate surface area is 227 Å². The maximum Gasteiger partial charge on any atom is 0.410 e. The number of carbonyl (C=O) groups excluding carboxylic acids is 1. The van der Waals surface area contributed by atoms with Gasteiger partial charge < -0.3 is 14.5 Å². The number of hydrogen-bond acceptors (Lipinski definition) is 9. The van der Waals surface area contributed by atoms with Gasteiger partial charge in [-0.05, 0) is 39.0 Å². The topological polar surface area (TPSA) is 124 Å². The molecule has 14 heteroatoms. The summed E-state index contributed by atoms with van der Waals surface area (Å²) in [7, 11) is 0. The molecule has 1 N–H and O–H groups in total. The number of rotatable bonds is 6. The fraction of sp³-hybridized carbons (Fsp3) is 0.385. The Morgan fingerprint density at radius 2 is 2.02 bits per heavy atom. The monoisotopic (exact) mass is 556 g/mol. The molecule has 0 bridgehead atoms. The highest BCUT2D eigenvalue weighted by Crippen LogP contribution is 2.31. The normalized spacial score (nSPS) is 16.0. The van der Waals surface area contributed by atoms with E-state index in [9.17, 15) is 13.6 Å². The third kappa shape index (κ3) is 5.96. The molecule has 0 spiro atoms. The van der Waals surface area contributed by atoms with Crippen molar-refractivity contribution in [2.45, 2.75) is 45.4 Å². The predicted octanol–water partition coefficient (Wildman–Crippen LogP) is 4.40. The Kier molecular flexibility index (Phi) is 7.52. The van der Waals surface area contributed by atoms with E-state index in [1.165, 1.54) is 10.9 Å². The van der Waals surface area contributed by atoms with Crippen LogP contribution >= 0.6 is 0 Å². The number of aromatic nitrogens is 6. The lowest BCUT2D eigenvalue weighted by molar-refractivity contribution is 0.0114. The van der Waals surface area contributed by atoms with Gasteiger partial charge in [0.1, 0.15) is 17.1 Å². The Hall–Kier alpha value is -4.33. The standard InChI is InChI=1S/C26H27F3N8O3/c1-26(2,3)40-25(38)37-10-9-30-12-20(37)18-6-4-5-17(21(18)27)19-14-36(35-32-19)13-16-8-7-15(11-31-16)23-33-34-24(39-23)22(28)29/h4-8,11,14,20,22,30H,9-10,12-13H2,1-3H3. The van der Waals surface area contributed by atoms with Crippen molar-refractivity contribution in [1.82, 2.24) is 40.4 Å². The molecule has 1 amide bonds. The first-order valence-corrected chi connectivity index (χ1v) is 12.5. The maximum atomic E-state index is 15.8. The van der Waals surface area contributed by atoms with Gasteiger partial charge in [0.2, 0.25) is 5.89 Å². The van der Waals surface area contributed by atoms with Crippen LogP contribution in [0.1, 0.15) is 50.4 Å². The Morgan fingerprint density at radius 3 is 2.73 bits per heavy atom. The molecule has 5 rings (SSSR count).